The van der Waals surface area contributed by atoms with Crippen molar-refractivity contribution in [3.63, 3.8) is 0 Å². The summed E-state index contributed by atoms with van der Waals surface area (Å²) in [7, 11) is 0. The Balaban J connectivity index is 1.53. The molecule has 0 spiro atoms. The molecule has 6 nitrogen and oxygen atoms in total. The van der Waals surface area contributed by atoms with Crippen LogP contribution >= 0.6 is 11.6 Å². The summed E-state index contributed by atoms with van der Waals surface area (Å²) in [6, 6.07) is 12.0. The number of aromatic nitrogens is 1. The summed E-state index contributed by atoms with van der Waals surface area (Å²) in [4.78, 5) is 21.2. The van der Waals surface area contributed by atoms with E-state index in [0.717, 1.165) is 22.9 Å². The van der Waals surface area contributed by atoms with Gasteiger partial charge in [0, 0.05) is 27.7 Å². The number of fused-ring (bicyclic) bond motifs is 3. The number of hydrogen-bond donors (Lipinski definition) is 3. The Hall–Kier alpha value is -2.83. The summed E-state index contributed by atoms with van der Waals surface area (Å²) in [6.07, 6.45) is 3.85. The van der Waals surface area contributed by atoms with E-state index in [9.17, 15) is 9.90 Å². The fourth-order valence-electron chi connectivity index (χ4n) is 4.60. The lowest BCUT2D eigenvalue weighted by Crippen LogP contribution is -2.54. The number of rotatable bonds is 4. The smallest absolute Gasteiger partial charge is 0.205 e. The van der Waals surface area contributed by atoms with Crippen LogP contribution in [-0.2, 0) is 21.5 Å². The molecule has 1 aliphatic carbocycles. The number of benzene rings is 2. The number of carbonyl (C=O) groups excluding carboxylic acids is 1. The first-order valence-electron chi connectivity index (χ1n) is 10.1. The van der Waals surface area contributed by atoms with Crippen molar-refractivity contribution < 1.29 is 14.6 Å². The van der Waals surface area contributed by atoms with Gasteiger partial charge < -0.3 is 20.6 Å². The molecule has 3 unspecified atom stereocenters. The zero-order chi connectivity index (χ0) is 20.9. The van der Waals surface area contributed by atoms with E-state index in [0.29, 0.717) is 35.7 Å². The van der Waals surface area contributed by atoms with Crippen molar-refractivity contribution in [2.75, 3.05) is 0 Å². The number of phenolic OH excluding ortho intramolecular Hbond substituents is 1. The molecule has 154 valence electrons. The summed E-state index contributed by atoms with van der Waals surface area (Å²) >= 11 is 6.46. The lowest BCUT2D eigenvalue weighted by molar-refractivity contribution is -0.137. The van der Waals surface area contributed by atoms with E-state index in [4.69, 9.17) is 27.1 Å². The van der Waals surface area contributed by atoms with Gasteiger partial charge >= 0.3 is 0 Å². The highest BCUT2D eigenvalue weighted by atomic mass is 35.5. The van der Waals surface area contributed by atoms with Crippen molar-refractivity contribution in [3.05, 3.63) is 64.8 Å². The molecule has 1 saturated carbocycles. The van der Waals surface area contributed by atoms with E-state index in [1.807, 2.05) is 30.5 Å². The summed E-state index contributed by atoms with van der Waals surface area (Å²) in [5.74, 6) is 0.532. The molecule has 5 rings (SSSR count). The largest absolute Gasteiger partial charge is 0.508 e. The molecule has 1 aromatic heterocycles. The molecule has 0 amide bonds. The Labute approximate surface area is 178 Å². The van der Waals surface area contributed by atoms with Gasteiger partial charge in [0.15, 0.2) is 11.6 Å². The van der Waals surface area contributed by atoms with Crippen LogP contribution in [0.15, 0.2) is 53.7 Å². The number of halogens is 1. The van der Waals surface area contributed by atoms with Crippen LogP contribution in [0.25, 0.3) is 10.9 Å². The maximum absolute atomic E-state index is 13.2. The maximum atomic E-state index is 13.2. The molecule has 1 aliphatic heterocycles. The van der Waals surface area contributed by atoms with E-state index in [1.54, 1.807) is 18.2 Å². The number of ether oxygens (including phenoxy) is 1. The third-order valence-corrected chi connectivity index (χ3v) is 6.43. The highest BCUT2D eigenvalue weighted by Crippen LogP contribution is 2.44. The number of nitrogens with one attached hydrogen (secondary N) is 1. The third-order valence-electron chi connectivity index (χ3n) is 6.10. The third kappa shape index (κ3) is 2.99. The van der Waals surface area contributed by atoms with Crippen molar-refractivity contribution in [3.8, 4) is 5.75 Å². The van der Waals surface area contributed by atoms with Gasteiger partial charge in [-0.2, -0.15) is 0 Å². The molecule has 2 aromatic carbocycles. The average Bonchev–Trinajstić information content (AvgIpc) is 3.10. The van der Waals surface area contributed by atoms with Gasteiger partial charge in [-0.1, -0.05) is 29.8 Å². The Kier molecular flexibility index (Phi) is 4.56. The first-order chi connectivity index (χ1) is 14.5. The van der Waals surface area contributed by atoms with E-state index in [1.165, 1.54) is 0 Å². The van der Waals surface area contributed by atoms with Gasteiger partial charge in [-0.05, 0) is 55.5 Å². The predicted octanol–water partition coefficient (Wildman–Crippen LogP) is 3.84. The van der Waals surface area contributed by atoms with Crippen LogP contribution in [0.1, 0.15) is 30.4 Å². The highest BCUT2D eigenvalue weighted by molar-refractivity contribution is 6.32. The number of H-pyrrole nitrogens is 1. The number of carbonyl (C=O) groups is 1. The Morgan fingerprint density at radius 2 is 2.17 bits per heavy atom. The Bertz CT molecular complexity index is 1170. The average molecular weight is 424 g/mol. The predicted molar refractivity (Wildman–Crippen MR) is 116 cm³/mol. The minimum Gasteiger partial charge on any atom is -0.508 e. The van der Waals surface area contributed by atoms with E-state index in [2.05, 4.69) is 4.98 Å². The summed E-state index contributed by atoms with van der Waals surface area (Å²) in [6.45, 7) is 0. The maximum Gasteiger partial charge on any atom is 0.205 e. The molecule has 1 fully saturated rings. The zero-order valence-electron chi connectivity index (χ0n) is 16.3. The number of aliphatic imine (C=N–C) groups is 1. The van der Waals surface area contributed by atoms with Gasteiger partial charge in [0.25, 0.3) is 0 Å². The van der Waals surface area contributed by atoms with Crippen molar-refractivity contribution >= 4 is 34.2 Å². The number of aromatic amines is 1. The molecule has 30 heavy (non-hydrogen) atoms. The number of aromatic hydroxyl groups is 1. The van der Waals surface area contributed by atoms with Crippen LogP contribution in [0, 0.1) is 0 Å². The van der Waals surface area contributed by atoms with Gasteiger partial charge in [0.2, 0.25) is 11.7 Å². The molecule has 4 N–H and O–H groups in total. The fourth-order valence-corrected chi connectivity index (χ4v) is 4.89. The molecular formula is C23H22ClN3O3. The quantitative estimate of drug-likeness (QED) is 0.593. The topological polar surface area (TPSA) is 101 Å². The van der Waals surface area contributed by atoms with Crippen molar-refractivity contribution in [2.45, 2.75) is 43.4 Å². The first kappa shape index (κ1) is 19.2. The van der Waals surface area contributed by atoms with Crippen molar-refractivity contribution in [1.82, 2.24) is 4.98 Å². The Morgan fingerprint density at radius 1 is 1.33 bits per heavy atom. The van der Waals surface area contributed by atoms with Crippen LogP contribution in [0.3, 0.4) is 0 Å². The first-order valence-corrected chi connectivity index (χ1v) is 10.5. The second-order valence-electron chi connectivity index (χ2n) is 8.01. The lowest BCUT2D eigenvalue weighted by Gasteiger charge is -2.42. The van der Waals surface area contributed by atoms with Crippen LogP contribution in [0.4, 0.5) is 0 Å². The van der Waals surface area contributed by atoms with Gasteiger partial charge in [-0.3, -0.25) is 4.79 Å². The van der Waals surface area contributed by atoms with Crippen LogP contribution < -0.4 is 5.73 Å². The molecule has 2 heterocycles. The van der Waals surface area contributed by atoms with E-state index >= 15 is 0 Å². The highest BCUT2D eigenvalue weighted by Gasteiger charge is 2.52. The molecule has 3 atom stereocenters. The second-order valence-corrected chi connectivity index (χ2v) is 8.41. The number of Topliss-reactive ketones (excluding diaryl/α,β-unsaturated/α-hetero) is 1. The standard InChI is InChI=1S/C23H22ClN3O3/c24-17-5-2-1-4-16(17)23-9-3-6-20(21(23)29)30-22(27-23)18(25)10-13-12-26-19-8-7-14(28)11-15(13)19/h1-2,4-5,7-8,11-12,18,20,26,28H,3,6,9-10,25H2. The number of hydrogen-bond acceptors (Lipinski definition) is 5. The fraction of sp³-hybridized carbons (Fsp3) is 0.304. The lowest BCUT2D eigenvalue weighted by atomic mass is 9.73. The monoisotopic (exact) mass is 423 g/mol. The van der Waals surface area contributed by atoms with Gasteiger partial charge in [0.1, 0.15) is 5.75 Å². The minimum atomic E-state index is -1.04. The molecular weight excluding hydrogens is 402 g/mol. The molecule has 7 heteroatoms. The normalized spacial score (nSPS) is 24.4. The van der Waals surface area contributed by atoms with Crippen LogP contribution in [0.5, 0.6) is 5.75 Å². The molecule has 2 aliphatic rings. The van der Waals surface area contributed by atoms with Gasteiger partial charge in [-0.25, -0.2) is 4.99 Å². The Morgan fingerprint density at radius 3 is 3.00 bits per heavy atom. The number of nitrogens with zero attached hydrogens (tertiary/aromatic N) is 1. The van der Waals surface area contributed by atoms with Crippen molar-refractivity contribution in [1.29, 1.82) is 0 Å². The number of phenols is 1. The van der Waals surface area contributed by atoms with Crippen LogP contribution in [0.2, 0.25) is 5.02 Å². The van der Waals surface area contributed by atoms with E-state index in [-0.39, 0.29) is 11.5 Å². The van der Waals surface area contributed by atoms with Gasteiger partial charge in [-0.15, -0.1) is 0 Å². The zero-order valence-corrected chi connectivity index (χ0v) is 17.0. The molecule has 0 radical (unpaired) electrons. The SMILES string of the molecule is NC(Cc1c[nH]c2ccc(O)cc12)C1=NC2(c3ccccc3Cl)CCCC(O1)C2=O. The summed E-state index contributed by atoms with van der Waals surface area (Å²) < 4.78 is 5.98. The number of nitrogens with two attached hydrogens (primary N) is 1. The summed E-state index contributed by atoms with van der Waals surface area (Å²) in [5.41, 5.74) is 8.06. The van der Waals surface area contributed by atoms with E-state index < -0.39 is 17.7 Å². The molecule has 2 bridgehead atoms. The second kappa shape index (κ2) is 7.15. The minimum absolute atomic E-state index is 0.0465. The number of ketones is 1. The van der Waals surface area contributed by atoms with Crippen molar-refractivity contribution in [2.24, 2.45) is 10.7 Å². The van der Waals surface area contributed by atoms with Gasteiger partial charge in [0.05, 0.1) is 6.04 Å². The van der Waals surface area contributed by atoms with Crippen LogP contribution in [-0.4, -0.2) is 33.9 Å². The summed E-state index contributed by atoms with van der Waals surface area (Å²) in [5, 5.41) is 11.3. The molecule has 3 aromatic rings. The molecule has 0 saturated heterocycles.